The van der Waals surface area contributed by atoms with Gasteiger partial charge in [0.15, 0.2) is 0 Å². The Morgan fingerprint density at radius 3 is 2.53 bits per heavy atom. The minimum Gasteiger partial charge on any atom is -0.497 e. The van der Waals surface area contributed by atoms with E-state index in [1.807, 2.05) is 13.8 Å². The molecule has 3 aliphatic rings. The Kier molecular flexibility index (Phi) is 7.22. The molecule has 4 rings (SSSR count). The molecule has 2 bridgehead atoms. The van der Waals surface area contributed by atoms with Crippen LogP contribution < -0.4 is 15.4 Å². The summed E-state index contributed by atoms with van der Waals surface area (Å²) in [6, 6.07) is 5.73. The van der Waals surface area contributed by atoms with E-state index in [1.165, 1.54) is 0 Å². The van der Waals surface area contributed by atoms with Gasteiger partial charge in [-0.15, -0.1) is 11.8 Å². The molecule has 7 atom stereocenters. The molecule has 1 spiro atoms. The van der Waals surface area contributed by atoms with Crippen LogP contribution in [0.15, 0.2) is 24.3 Å². The van der Waals surface area contributed by atoms with E-state index >= 15 is 0 Å². The molecule has 3 fully saturated rings. The van der Waals surface area contributed by atoms with Gasteiger partial charge in [0.05, 0.1) is 36.3 Å². The van der Waals surface area contributed by atoms with Crippen molar-refractivity contribution < 1.29 is 24.2 Å². The highest BCUT2D eigenvalue weighted by molar-refractivity contribution is 9.09. The highest BCUT2D eigenvalue weighted by Crippen LogP contribution is 2.68. The quantitative estimate of drug-likeness (QED) is 0.426. The molecule has 0 aromatic heterocycles. The minimum absolute atomic E-state index is 0.0118. The van der Waals surface area contributed by atoms with Crippen molar-refractivity contribution in [3.63, 3.8) is 0 Å². The number of hydrogen-bond donors (Lipinski definition) is 3. The number of thioether (sulfide) groups is 1. The molecule has 3 unspecified atom stereocenters. The van der Waals surface area contributed by atoms with Gasteiger partial charge in [0.2, 0.25) is 17.7 Å². The summed E-state index contributed by atoms with van der Waals surface area (Å²) in [5.41, 5.74) is 0.596. The van der Waals surface area contributed by atoms with E-state index in [0.29, 0.717) is 24.3 Å². The lowest BCUT2D eigenvalue weighted by Crippen LogP contribution is -2.55. The van der Waals surface area contributed by atoms with Crippen molar-refractivity contribution in [1.82, 2.24) is 10.2 Å². The molecule has 34 heavy (non-hydrogen) atoms. The van der Waals surface area contributed by atoms with E-state index in [9.17, 15) is 19.5 Å². The van der Waals surface area contributed by atoms with E-state index in [1.54, 1.807) is 55.1 Å². The van der Waals surface area contributed by atoms with Crippen LogP contribution in [0.2, 0.25) is 0 Å². The summed E-state index contributed by atoms with van der Waals surface area (Å²) >= 11 is 5.32. The topological polar surface area (TPSA) is 108 Å². The number of carbonyl (C=O) groups is 3. The summed E-state index contributed by atoms with van der Waals surface area (Å²) in [7, 11) is 3.15. The van der Waals surface area contributed by atoms with Gasteiger partial charge in [-0.2, -0.15) is 0 Å². The smallest absolute Gasteiger partial charge is 0.248 e. The van der Waals surface area contributed by atoms with Gasteiger partial charge in [-0.25, -0.2) is 0 Å². The SMILES string of the molecule is CNC(=O)[C@H]1[C@H]2C(=O)N([C@@H](CO)CC(C)C)C(C(=O)Nc3ccc(OC)cc3)C23CC(Br)[C@@H]1S3. The Bertz CT molecular complexity index is 960. The maximum Gasteiger partial charge on any atom is 0.248 e. The first-order chi connectivity index (χ1) is 16.2. The minimum atomic E-state index is -0.798. The number of methoxy groups -OCH3 is 1. The number of nitrogens with one attached hydrogen (secondary N) is 2. The number of likely N-dealkylation sites (tertiary alicyclic amines) is 1. The molecule has 8 nitrogen and oxygen atoms in total. The number of nitrogens with zero attached hydrogens (tertiary/aromatic N) is 1. The fraction of sp³-hybridized carbons (Fsp3) is 0.625. The lowest BCUT2D eigenvalue weighted by molar-refractivity contribution is -0.142. The zero-order chi connectivity index (χ0) is 24.8. The van der Waals surface area contributed by atoms with Gasteiger partial charge in [0.1, 0.15) is 11.8 Å². The molecule has 0 saturated carbocycles. The lowest BCUT2D eigenvalue weighted by atomic mass is 9.70. The number of aliphatic hydroxyl groups is 1. The van der Waals surface area contributed by atoms with Gasteiger partial charge in [-0.3, -0.25) is 14.4 Å². The number of anilines is 1. The molecular formula is C24H32BrN3O5S. The van der Waals surface area contributed by atoms with Crippen molar-refractivity contribution >= 4 is 51.1 Å². The molecule has 10 heteroatoms. The zero-order valence-corrected chi connectivity index (χ0v) is 22.2. The van der Waals surface area contributed by atoms with Gasteiger partial charge >= 0.3 is 0 Å². The van der Waals surface area contributed by atoms with Gasteiger partial charge in [-0.05, 0) is 43.0 Å². The molecular weight excluding hydrogens is 522 g/mol. The first-order valence-corrected chi connectivity index (χ1v) is 13.4. The Balaban J connectivity index is 1.75. The number of benzene rings is 1. The number of fused-ring (bicyclic) bond motifs is 1. The standard InChI is InChI=1S/C24H32BrN3O5S/c1-12(2)9-14(11-29)28-20(22(31)27-13-5-7-15(33-4)8-6-13)24-10-16(25)19(34-24)17(21(30)26-3)18(24)23(28)32/h5-8,12,14,16-20,29H,9-11H2,1-4H3,(H,26,30)(H,27,31)/t14-,16?,17+,18+,19+,20?,24?/m1/s1. The average Bonchev–Trinajstić information content (AvgIpc) is 3.40. The summed E-state index contributed by atoms with van der Waals surface area (Å²) in [5.74, 6) is -0.930. The molecule has 3 heterocycles. The number of aliphatic hydroxyl groups excluding tert-OH is 1. The molecule has 3 saturated heterocycles. The molecule has 1 aromatic carbocycles. The van der Waals surface area contributed by atoms with Crippen molar-refractivity contribution in [2.24, 2.45) is 17.8 Å². The first-order valence-electron chi connectivity index (χ1n) is 11.6. The molecule has 0 aliphatic carbocycles. The number of halogens is 1. The van der Waals surface area contributed by atoms with Crippen molar-refractivity contribution in [2.45, 2.75) is 53.6 Å². The third-order valence-corrected chi connectivity index (χ3v) is 10.4. The number of hydrogen-bond acceptors (Lipinski definition) is 6. The third kappa shape index (κ3) is 4.01. The van der Waals surface area contributed by atoms with Crippen molar-refractivity contribution in [2.75, 3.05) is 26.1 Å². The summed E-state index contributed by atoms with van der Waals surface area (Å²) in [5, 5.41) is 15.9. The average molecular weight is 555 g/mol. The second-order valence-electron chi connectivity index (χ2n) is 9.71. The molecule has 186 valence electrons. The van der Waals surface area contributed by atoms with Crippen LogP contribution in [0, 0.1) is 17.8 Å². The molecule has 1 aromatic rings. The summed E-state index contributed by atoms with van der Waals surface area (Å²) in [6.07, 6.45) is 1.16. The second kappa shape index (κ2) is 9.70. The second-order valence-corrected chi connectivity index (χ2v) is 12.4. The van der Waals surface area contributed by atoms with Crippen LogP contribution in [0.25, 0.3) is 0 Å². The number of alkyl halides is 1. The maximum atomic E-state index is 14.0. The third-order valence-electron chi connectivity index (χ3n) is 7.23. The molecule has 3 aliphatic heterocycles. The number of rotatable bonds is 8. The summed E-state index contributed by atoms with van der Waals surface area (Å²) in [6.45, 7) is 3.81. The van der Waals surface area contributed by atoms with Gasteiger partial charge in [0, 0.05) is 22.8 Å². The summed E-state index contributed by atoms with van der Waals surface area (Å²) < 4.78 is 4.46. The Morgan fingerprint density at radius 2 is 1.97 bits per heavy atom. The van der Waals surface area contributed by atoms with E-state index in [2.05, 4.69) is 26.6 Å². The van der Waals surface area contributed by atoms with E-state index in [4.69, 9.17) is 4.74 Å². The molecule has 3 N–H and O–H groups in total. The van der Waals surface area contributed by atoms with E-state index in [0.717, 1.165) is 0 Å². The predicted octanol–water partition coefficient (Wildman–Crippen LogP) is 2.25. The highest BCUT2D eigenvalue weighted by atomic mass is 79.9. The Hall–Kier alpha value is -1.78. The summed E-state index contributed by atoms with van der Waals surface area (Å²) in [4.78, 5) is 42.3. The normalized spacial score (nSPS) is 32.6. The van der Waals surface area contributed by atoms with Crippen LogP contribution in [-0.4, -0.2) is 75.4 Å². The molecule has 3 amide bonds. The largest absolute Gasteiger partial charge is 0.497 e. The predicted molar refractivity (Wildman–Crippen MR) is 135 cm³/mol. The van der Waals surface area contributed by atoms with Crippen molar-refractivity contribution in [3.8, 4) is 5.75 Å². The molecule has 0 radical (unpaired) electrons. The van der Waals surface area contributed by atoms with Crippen LogP contribution in [0.4, 0.5) is 5.69 Å². The Morgan fingerprint density at radius 1 is 1.29 bits per heavy atom. The van der Waals surface area contributed by atoms with Crippen LogP contribution >= 0.6 is 27.7 Å². The highest BCUT2D eigenvalue weighted by Gasteiger charge is 2.76. The number of carbonyl (C=O) groups excluding carboxylic acids is 3. The fourth-order valence-corrected chi connectivity index (χ4v) is 9.53. The van der Waals surface area contributed by atoms with E-state index < -0.39 is 28.7 Å². The van der Waals surface area contributed by atoms with Crippen LogP contribution in [0.1, 0.15) is 26.7 Å². The fourth-order valence-electron chi connectivity index (χ4n) is 5.93. The van der Waals surface area contributed by atoms with Gasteiger partial charge in [-0.1, -0.05) is 29.8 Å². The lowest BCUT2D eigenvalue weighted by Gasteiger charge is -2.37. The van der Waals surface area contributed by atoms with Crippen molar-refractivity contribution in [1.29, 1.82) is 0 Å². The van der Waals surface area contributed by atoms with Gasteiger partial charge in [0.25, 0.3) is 0 Å². The first kappa shape index (κ1) is 25.3. The van der Waals surface area contributed by atoms with Crippen LogP contribution in [-0.2, 0) is 14.4 Å². The number of ether oxygens (including phenoxy) is 1. The maximum absolute atomic E-state index is 14.0. The number of amides is 3. The van der Waals surface area contributed by atoms with Crippen molar-refractivity contribution in [3.05, 3.63) is 24.3 Å². The monoisotopic (exact) mass is 553 g/mol. The Labute approximate surface area is 212 Å². The van der Waals surface area contributed by atoms with Crippen LogP contribution in [0.5, 0.6) is 5.75 Å². The van der Waals surface area contributed by atoms with E-state index in [-0.39, 0.29) is 40.3 Å². The van der Waals surface area contributed by atoms with Crippen LogP contribution in [0.3, 0.4) is 0 Å². The zero-order valence-electron chi connectivity index (χ0n) is 19.8. The van der Waals surface area contributed by atoms with Gasteiger partial charge < -0.3 is 25.4 Å².